The number of phenols is 2. The van der Waals surface area contributed by atoms with Gasteiger partial charge in [-0.25, -0.2) is 4.99 Å². The van der Waals surface area contributed by atoms with Crippen molar-refractivity contribution >= 4 is 34.6 Å². The van der Waals surface area contributed by atoms with Crippen LogP contribution in [0, 0.1) is 0 Å². The zero-order valence-corrected chi connectivity index (χ0v) is 12.2. The van der Waals surface area contributed by atoms with E-state index in [1.807, 2.05) is 0 Å². The highest BCUT2D eigenvalue weighted by molar-refractivity contribution is 8.18. The summed E-state index contributed by atoms with van der Waals surface area (Å²) in [7, 11) is 0. The number of amides is 1. The molecule has 5 nitrogen and oxygen atoms in total. The molecule has 2 aromatic rings. The Labute approximate surface area is 131 Å². The van der Waals surface area contributed by atoms with Gasteiger partial charge in [0.05, 0.1) is 10.6 Å². The molecule has 0 atom stereocenters. The van der Waals surface area contributed by atoms with Crippen LogP contribution in [0.3, 0.4) is 0 Å². The maximum Gasteiger partial charge on any atom is 0.264 e. The van der Waals surface area contributed by atoms with Crippen LogP contribution < -0.4 is 5.32 Å². The molecule has 0 radical (unpaired) electrons. The van der Waals surface area contributed by atoms with Crippen LogP contribution in [0.5, 0.6) is 11.5 Å². The number of amidine groups is 1. The Morgan fingerprint density at radius 3 is 2.50 bits per heavy atom. The number of hydrogen-bond acceptors (Lipinski definition) is 5. The van der Waals surface area contributed by atoms with Crippen LogP contribution in [0.25, 0.3) is 6.08 Å². The first kappa shape index (κ1) is 14.2. The van der Waals surface area contributed by atoms with Crippen molar-refractivity contribution in [2.45, 2.75) is 0 Å². The van der Waals surface area contributed by atoms with E-state index in [1.165, 1.54) is 23.9 Å². The van der Waals surface area contributed by atoms with Crippen LogP contribution in [-0.4, -0.2) is 21.3 Å². The number of hydrogen-bond donors (Lipinski definition) is 3. The molecule has 0 unspecified atom stereocenters. The van der Waals surface area contributed by atoms with Crippen molar-refractivity contribution in [3.05, 3.63) is 59.0 Å². The quantitative estimate of drug-likeness (QED) is 0.745. The monoisotopic (exact) mass is 312 g/mol. The number of phenolic OH excluding ortho intramolecular Hbond substituents is 2. The molecule has 1 fully saturated rings. The number of carbonyl (C=O) groups excluding carboxylic acids is 1. The van der Waals surface area contributed by atoms with Gasteiger partial charge in [0.15, 0.2) is 5.17 Å². The van der Waals surface area contributed by atoms with Gasteiger partial charge in [-0.3, -0.25) is 4.79 Å². The Hall–Kier alpha value is -2.73. The molecule has 0 spiro atoms. The highest BCUT2D eigenvalue weighted by Gasteiger charge is 2.24. The first-order valence-corrected chi connectivity index (χ1v) is 7.30. The maximum absolute atomic E-state index is 11.9. The minimum absolute atomic E-state index is 0.118. The van der Waals surface area contributed by atoms with E-state index in [2.05, 4.69) is 10.3 Å². The summed E-state index contributed by atoms with van der Waals surface area (Å²) >= 11 is 1.20. The standard InChI is InChI=1S/C16H12N2O3S/c19-12-7-5-11(6-8-12)17-16-18-15(21)14(22-16)9-10-3-1-2-4-13(10)20/h1-9,19-20H,(H,17,18,21). The smallest absolute Gasteiger partial charge is 0.264 e. The molecule has 3 N–H and O–H groups in total. The topological polar surface area (TPSA) is 81.9 Å². The van der Waals surface area contributed by atoms with Crippen LogP contribution in [-0.2, 0) is 4.79 Å². The van der Waals surface area contributed by atoms with Gasteiger partial charge in [-0.2, -0.15) is 0 Å². The number of nitrogens with zero attached hydrogens (tertiary/aromatic N) is 1. The third-order valence-electron chi connectivity index (χ3n) is 2.95. The number of benzene rings is 2. The SMILES string of the molecule is O=C1NC(=Nc2ccc(O)cc2)SC1=Cc1ccccc1O. The van der Waals surface area contributed by atoms with Crippen LogP contribution in [0.1, 0.15) is 5.56 Å². The Balaban J connectivity index is 1.84. The number of thioether (sulfide) groups is 1. The number of aromatic hydroxyl groups is 2. The number of carbonyl (C=O) groups is 1. The van der Waals surface area contributed by atoms with E-state index in [-0.39, 0.29) is 17.4 Å². The second-order valence-electron chi connectivity index (χ2n) is 4.56. The molecule has 1 aliphatic rings. The van der Waals surface area contributed by atoms with Crippen molar-refractivity contribution in [1.29, 1.82) is 0 Å². The lowest BCUT2D eigenvalue weighted by Gasteiger charge is -1.98. The first-order chi connectivity index (χ1) is 10.6. The fourth-order valence-corrected chi connectivity index (χ4v) is 2.71. The Morgan fingerprint density at radius 2 is 1.77 bits per heavy atom. The lowest BCUT2D eigenvalue weighted by atomic mass is 10.2. The van der Waals surface area contributed by atoms with E-state index < -0.39 is 0 Å². The highest BCUT2D eigenvalue weighted by atomic mass is 32.2. The minimum atomic E-state index is -0.259. The second-order valence-corrected chi connectivity index (χ2v) is 5.59. The van der Waals surface area contributed by atoms with Gasteiger partial charge in [0.1, 0.15) is 11.5 Å². The van der Waals surface area contributed by atoms with Gasteiger partial charge in [-0.05, 0) is 48.2 Å². The van der Waals surface area contributed by atoms with E-state index in [0.717, 1.165) is 0 Å². The van der Waals surface area contributed by atoms with Crippen molar-refractivity contribution in [3.8, 4) is 11.5 Å². The number of aliphatic imine (C=N–C) groups is 1. The minimum Gasteiger partial charge on any atom is -0.508 e. The van der Waals surface area contributed by atoms with Gasteiger partial charge in [-0.1, -0.05) is 18.2 Å². The molecule has 6 heteroatoms. The molecule has 1 saturated heterocycles. The van der Waals surface area contributed by atoms with E-state index in [4.69, 9.17) is 0 Å². The predicted octanol–water partition coefficient (Wildman–Crippen LogP) is 2.99. The lowest BCUT2D eigenvalue weighted by Crippen LogP contribution is -2.19. The summed E-state index contributed by atoms with van der Waals surface area (Å²) in [5.74, 6) is 0.0188. The molecule has 0 aromatic heterocycles. The molecule has 110 valence electrons. The van der Waals surface area contributed by atoms with Gasteiger partial charge >= 0.3 is 0 Å². The molecular formula is C16H12N2O3S. The molecule has 0 aliphatic carbocycles. The van der Waals surface area contributed by atoms with Gasteiger partial charge in [0, 0.05) is 5.56 Å². The average molecular weight is 312 g/mol. The summed E-state index contributed by atoms with van der Waals surface area (Å²) in [5.41, 5.74) is 1.20. The summed E-state index contributed by atoms with van der Waals surface area (Å²) in [4.78, 5) is 16.7. The summed E-state index contributed by atoms with van der Waals surface area (Å²) in [5, 5.41) is 22.1. The van der Waals surface area contributed by atoms with E-state index >= 15 is 0 Å². The van der Waals surface area contributed by atoms with Gasteiger partial charge in [-0.15, -0.1) is 0 Å². The van der Waals surface area contributed by atoms with Crippen LogP contribution in [0.2, 0.25) is 0 Å². The third-order valence-corrected chi connectivity index (χ3v) is 3.86. The fraction of sp³-hybridized carbons (Fsp3) is 0. The summed E-state index contributed by atoms with van der Waals surface area (Å²) in [6.45, 7) is 0. The lowest BCUT2D eigenvalue weighted by molar-refractivity contribution is -0.115. The molecule has 1 aliphatic heterocycles. The third kappa shape index (κ3) is 3.12. The normalized spacial score (nSPS) is 17.9. The average Bonchev–Trinajstić information content (AvgIpc) is 2.84. The largest absolute Gasteiger partial charge is 0.508 e. The number of para-hydroxylation sites is 1. The molecule has 1 heterocycles. The van der Waals surface area contributed by atoms with E-state index in [0.29, 0.717) is 21.3 Å². The van der Waals surface area contributed by atoms with Crippen molar-refractivity contribution in [3.63, 3.8) is 0 Å². The highest BCUT2D eigenvalue weighted by Crippen LogP contribution is 2.30. The van der Waals surface area contributed by atoms with E-state index in [1.54, 1.807) is 42.5 Å². The zero-order chi connectivity index (χ0) is 15.5. The maximum atomic E-state index is 11.9. The van der Waals surface area contributed by atoms with Crippen LogP contribution in [0.15, 0.2) is 58.4 Å². The molecule has 0 saturated carbocycles. The molecule has 22 heavy (non-hydrogen) atoms. The Kier molecular flexibility index (Phi) is 3.84. The van der Waals surface area contributed by atoms with Crippen molar-refractivity contribution in [2.24, 2.45) is 4.99 Å². The van der Waals surface area contributed by atoms with Crippen LogP contribution >= 0.6 is 11.8 Å². The second kappa shape index (κ2) is 5.95. The van der Waals surface area contributed by atoms with Crippen LogP contribution in [0.4, 0.5) is 5.69 Å². The molecule has 2 aromatic carbocycles. The van der Waals surface area contributed by atoms with Gasteiger partial charge in [0.2, 0.25) is 0 Å². The predicted molar refractivity (Wildman–Crippen MR) is 87.0 cm³/mol. The molecule has 3 rings (SSSR count). The molecule has 1 amide bonds. The van der Waals surface area contributed by atoms with Gasteiger partial charge in [0.25, 0.3) is 5.91 Å². The van der Waals surface area contributed by atoms with E-state index in [9.17, 15) is 15.0 Å². The molecular weight excluding hydrogens is 300 g/mol. The van der Waals surface area contributed by atoms with Gasteiger partial charge < -0.3 is 15.5 Å². The Bertz CT molecular complexity index is 782. The van der Waals surface area contributed by atoms with Crippen molar-refractivity contribution < 1.29 is 15.0 Å². The summed E-state index contributed by atoms with van der Waals surface area (Å²) in [6.07, 6.45) is 1.62. The number of nitrogens with one attached hydrogen (secondary N) is 1. The summed E-state index contributed by atoms with van der Waals surface area (Å²) < 4.78 is 0. The zero-order valence-electron chi connectivity index (χ0n) is 11.4. The first-order valence-electron chi connectivity index (χ1n) is 6.48. The fourth-order valence-electron chi connectivity index (χ4n) is 1.88. The van der Waals surface area contributed by atoms with Crippen molar-refractivity contribution in [2.75, 3.05) is 0 Å². The summed E-state index contributed by atoms with van der Waals surface area (Å²) in [6, 6.07) is 13.2. The van der Waals surface area contributed by atoms with Crippen molar-refractivity contribution in [1.82, 2.24) is 5.32 Å². The Morgan fingerprint density at radius 1 is 1.05 bits per heavy atom. The molecule has 0 bridgehead atoms. The number of rotatable bonds is 2.